The van der Waals surface area contributed by atoms with Crippen molar-refractivity contribution in [1.82, 2.24) is 10.2 Å². The Labute approximate surface area is 55.9 Å². The smallest absolute Gasteiger partial charge is 0.0313 e. The molecule has 0 aromatic heterocycles. The second-order valence-electron chi connectivity index (χ2n) is 2.41. The van der Waals surface area contributed by atoms with E-state index in [0.717, 1.165) is 6.54 Å². The van der Waals surface area contributed by atoms with Gasteiger partial charge in [0.1, 0.15) is 0 Å². The van der Waals surface area contributed by atoms with Gasteiger partial charge in [-0.25, -0.2) is 0 Å². The van der Waals surface area contributed by atoms with Crippen LogP contribution in [-0.4, -0.2) is 25.5 Å². The van der Waals surface area contributed by atoms with Crippen molar-refractivity contribution in [3.8, 4) is 0 Å². The summed E-state index contributed by atoms with van der Waals surface area (Å²) in [5, 5.41) is 3.95. The third kappa shape index (κ3) is 1.90. The van der Waals surface area contributed by atoms with Crippen LogP contribution < -0.4 is 5.32 Å². The van der Waals surface area contributed by atoms with Crippen LogP contribution in [0.15, 0.2) is 24.0 Å². The van der Waals surface area contributed by atoms with Gasteiger partial charge >= 0.3 is 0 Å². The molecular formula is C7H11N2. The Bertz CT molecular complexity index is 145. The maximum atomic E-state index is 3.95. The lowest BCUT2D eigenvalue weighted by atomic mass is 10.3. The lowest BCUT2D eigenvalue weighted by Crippen LogP contribution is -2.13. The van der Waals surface area contributed by atoms with Gasteiger partial charge in [0.05, 0.1) is 0 Å². The zero-order valence-corrected chi connectivity index (χ0v) is 5.83. The molecule has 0 aromatic rings. The zero-order chi connectivity index (χ0) is 6.69. The van der Waals surface area contributed by atoms with Gasteiger partial charge in [-0.15, -0.1) is 0 Å². The molecule has 9 heavy (non-hydrogen) atoms. The fourth-order valence-corrected chi connectivity index (χ4v) is 0.779. The molecule has 49 valence electrons. The summed E-state index contributed by atoms with van der Waals surface area (Å²) >= 11 is 0. The second kappa shape index (κ2) is 2.69. The van der Waals surface area contributed by atoms with Crippen LogP contribution in [0.1, 0.15) is 0 Å². The summed E-state index contributed by atoms with van der Waals surface area (Å²) in [6, 6.07) is 0. The van der Waals surface area contributed by atoms with Crippen LogP contribution in [0.4, 0.5) is 0 Å². The third-order valence-electron chi connectivity index (χ3n) is 1.11. The SMILES string of the molecule is CN(C)CC1=C[N]C=C1. The van der Waals surface area contributed by atoms with Crippen LogP contribution in [-0.2, 0) is 0 Å². The van der Waals surface area contributed by atoms with E-state index in [1.807, 2.05) is 32.6 Å². The molecule has 1 radical (unpaired) electrons. The maximum Gasteiger partial charge on any atom is 0.0313 e. The Balaban J connectivity index is 2.35. The average Bonchev–Trinajstić information content (AvgIpc) is 2.15. The molecule has 1 aliphatic rings. The van der Waals surface area contributed by atoms with Crippen LogP contribution in [0.2, 0.25) is 0 Å². The minimum atomic E-state index is 0.986. The Morgan fingerprint density at radius 1 is 1.56 bits per heavy atom. The number of nitrogens with zero attached hydrogens (tertiary/aromatic N) is 2. The van der Waals surface area contributed by atoms with E-state index in [9.17, 15) is 0 Å². The highest BCUT2D eigenvalue weighted by molar-refractivity contribution is 5.24. The Kier molecular flexibility index (Phi) is 1.90. The van der Waals surface area contributed by atoms with Crippen LogP contribution in [0.3, 0.4) is 0 Å². The van der Waals surface area contributed by atoms with E-state index in [2.05, 4.69) is 10.2 Å². The van der Waals surface area contributed by atoms with E-state index in [1.54, 1.807) is 0 Å². The summed E-state index contributed by atoms with van der Waals surface area (Å²) in [6.45, 7) is 0.986. The molecule has 0 saturated carbocycles. The van der Waals surface area contributed by atoms with E-state index in [1.165, 1.54) is 5.57 Å². The molecule has 0 spiro atoms. The maximum absolute atomic E-state index is 3.95. The highest BCUT2D eigenvalue weighted by atomic mass is 15.1. The lowest BCUT2D eigenvalue weighted by molar-refractivity contribution is 0.449. The van der Waals surface area contributed by atoms with E-state index < -0.39 is 0 Å². The van der Waals surface area contributed by atoms with Crippen LogP contribution >= 0.6 is 0 Å². The summed E-state index contributed by atoms with van der Waals surface area (Å²) in [5.74, 6) is 0. The Morgan fingerprint density at radius 2 is 2.33 bits per heavy atom. The van der Waals surface area contributed by atoms with Gasteiger partial charge in [0.25, 0.3) is 0 Å². The number of hydrogen-bond acceptors (Lipinski definition) is 1. The molecule has 0 amide bonds. The van der Waals surface area contributed by atoms with Gasteiger partial charge in [-0.1, -0.05) is 0 Å². The quantitative estimate of drug-likeness (QED) is 0.524. The highest BCUT2D eigenvalue weighted by Crippen LogP contribution is 2.01. The second-order valence-corrected chi connectivity index (χ2v) is 2.41. The van der Waals surface area contributed by atoms with Crippen molar-refractivity contribution in [2.24, 2.45) is 0 Å². The van der Waals surface area contributed by atoms with E-state index in [4.69, 9.17) is 0 Å². The van der Waals surface area contributed by atoms with Crippen molar-refractivity contribution in [3.63, 3.8) is 0 Å². The van der Waals surface area contributed by atoms with E-state index in [0.29, 0.717) is 0 Å². The molecule has 0 bridgehead atoms. The Morgan fingerprint density at radius 3 is 2.78 bits per heavy atom. The molecule has 1 aliphatic heterocycles. The van der Waals surface area contributed by atoms with Gasteiger partial charge in [0.15, 0.2) is 0 Å². The van der Waals surface area contributed by atoms with Crippen molar-refractivity contribution in [3.05, 3.63) is 24.0 Å². The van der Waals surface area contributed by atoms with E-state index >= 15 is 0 Å². The third-order valence-corrected chi connectivity index (χ3v) is 1.11. The molecule has 0 saturated heterocycles. The molecule has 0 aromatic carbocycles. The first kappa shape index (κ1) is 6.36. The number of likely N-dealkylation sites (N-methyl/N-ethyl adjacent to an activating group) is 1. The van der Waals surface area contributed by atoms with Crippen molar-refractivity contribution in [2.45, 2.75) is 0 Å². The van der Waals surface area contributed by atoms with Gasteiger partial charge in [-0.3, -0.25) is 5.32 Å². The fraction of sp³-hybridized carbons (Fsp3) is 0.429. The summed E-state index contributed by atoms with van der Waals surface area (Å²) in [7, 11) is 4.10. The molecule has 2 nitrogen and oxygen atoms in total. The average molecular weight is 123 g/mol. The van der Waals surface area contributed by atoms with Crippen molar-refractivity contribution < 1.29 is 0 Å². The molecule has 1 rings (SSSR count). The molecular weight excluding hydrogens is 112 g/mol. The van der Waals surface area contributed by atoms with Crippen molar-refractivity contribution in [2.75, 3.05) is 20.6 Å². The highest BCUT2D eigenvalue weighted by Gasteiger charge is 1.98. The molecule has 0 fully saturated rings. The van der Waals surface area contributed by atoms with Crippen LogP contribution in [0.5, 0.6) is 0 Å². The summed E-state index contributed by atoms with van der Waals surface area (Å²) < 4.78 is 0. The van der Waals surface area contributed by atoms with Gasteiger partial charge in [0.2, 0.25) is 0 Å². The van der Waals surface area contributed by atoms with Gasteiger partial charge in [0, 0.05) is 18.9 Å². The Hall–Kier alpha value is -0.760. The normalized spacial score (nSPS) is 16.1. The predicted molar refractivity (Wildman–Crippen MR) is 37.9 cm³/mol. The first-order chi connectivity index (χ1) is 4.29. The number of hydrogen-bond donors (Lipinski definition) is 0. The molecule has 1 heterocycles. The van der Waals surface area contributed by atoms with Gasteiger partial charge in [-0.05, 0) is 25.7 Å². The van der Waals surface area contributed by atoms with Crippen LogP contribution in [0.25, 0.3) is 0 Å². The first-order valence-corrected chi connectivity index (χ1v) is 2.99. The molecule has 0 N–H and O–H groups in total. The van der Waals surface area contributed by atoms with Crippen LogP contribution in [0, 0.1) is 0 Å². The summed E-state index contributed by atoms with van der Waals surface area (Å²) in [5.41, 5.74) is 1.28. The monoisotopic (exact) mass is 123 g/mol. The zero-order valence-electron chi connectivity index (χ0n) is 5.83. The lowest BCUT2D eigenvalue weighted by Gasteiger charge is -2.06. The fourth-order valence-electron chi connectivity index (χ4n) is 0.779. The largest absolute Gasteiger partial charge is 0.305 e. The standard InChI is InChI=1S/C7H11N2/c1-9(2)6-7-3-4-8-5-7/h3-5H,6H2,1-2H3. The van der Waals surface area contributed by atoms with Gasteiger partial charge in [-0.2, -0.15) is 0 Å². The molecule has 2 heteroatoms. The van der Waals surface area contributed by atoms with Crippen molar-refractivity contribution >= 4 is 0 Å². The molecule has 0 aliphatic carbocycles. The predicted octanol–water partition coefficient (Wildman–Crippen LogP) is 0.564. The summed E-state index contributed by atoms with van der Waals surface area (Å²) in [4.78, 5) is 2.12. The topological polar surface area (TPSA) is 17.3 Å². The van der Waals surface area contributed by atoms with Gasteiger partial charge < -0.3 is 4.90 Å². The number of rotatable bonds is 2. The van der Waals surface area contributed by atoms with Crippen molar-refractivity contribution in [1.29, 1.82) is 0 Å². The first-order valence-electron chi connectivity index (χ1n) is 2.99. The minimum Gasteiger partial charge on any atom is -0.305 e. The van der Waals surface area contributed by atoms with E-state index in [-0.39, 0.29) is 0 Å². The summed E-state index contributed by atoms with van der Waals surface area (Å²) in [6.07, 6.45) is 5.73. The minimum absolute atomic E-state index is 0.986. The molecule has 0 atom stereocenters. The molecule has 0 unspecified atom stereocenters.